The topological polar surface area (TPSA) is 25.4 Å². The molecule has 0 N–H and O–H groups in total. The van der Waals surface area contributed by atoms with E-state index in [1.807, 2.05) is 0 Å². The second kappa shape index (κ2) is 12.0. The molecule has 0 saturated heterocycles. The zero-order chi connectivity index (χ0) is 22.1. The first-order valence-electron chi connectivity index (χ1n) is 11.7. The highest BCUT2D eigenvalue weighted by Crippen LogP contribution is 2.30. The van der Waals surface area contributed by atoms with Crippen LogP contribution >= 0.6 is 11.3 Å². The van der Waals surface area contributed by atoms with Crippen LogP contribution in [0.4, 0.5) is 0 Å². The predicted octanol–water partition coefficient (Wildman–Crippen LogP) is 7.80. The Morgan fingerprint density at radius 1 is 0.871 bits per heavy atom. The van der Waals surface area contributed by atoms with Gasteiger partial charge in [-0.3, -0.25) is 4.90 Å². The number of hydrogen-bond donors (Lipinski definition) is 0. The van der Waals surface area contributed by atoms with Crippen molar-refractivity contribution in [2.75, 3.05) is 13.1 Å². The van der Waals surface area contributed by atoms with E-state index in [0.29, 0.717) is 0 Å². The summed E-state index contributed by atoms with van der Waals surface area (Å²) in [7, 11) is 0. The second-order valence-electron chi connectivity index (χ2n) is 8.15. The molecular weight excluding hydrogens is 400 g/mol. The molecule has 1 unspecified atom stereocenters. The van der Waals surface area contributed by atoms with Crippen LogP contribution in [0, 0.1) is 6.92 Å². The minimum atomic E-state index is 0.136. The lowest BCUT2D eigenvalue weighted by atomic mass is 10.1. The zero-order valence-electron chi connectivity index (χ0n) is 19.4. The molecule has 4 heteroatoms. The number of aromatic nitrogens is 1. The van der Waals surface area contributed by atoms with Gasteiger partial charge in [0.2, 0.25) is 0 Å². The van der Waals surface area contributed by atoms with Crippen molar-refractivity contribution in [3.8, 4) is 27.6 Å². The number of unbranched alkanes of at least 4 members (excludes halogenated alkanes) is 2. The van der Waals surface area contributed by atoms with E-state index < -0.39 is 0 Å². The van der Waals surface area contributed by atoms with Gasteiger partial charge in [0.05, 0.1) is 5.69 Å². The number of benzene rings is 2. The van der Waals surface area contributed by atoms with Gasteiger partial charge in [-0.05, 0) is 50.5 Å². The highest BCUT2D eigenvalue weighted by molar-refractivity contribution is 7.13. The molecule has 1 heterocycles. The molecule has 3 aromatic rings. The summed E-state index contributed by atoms with van der Waals surface area (Å²) in [5, 5.41) is 3.20. The number of ether oxygens (including phenoxy) is 1. The molecule has 0 aliphatic carbocycles. The van der Waals surface area contributed by atoms with Crippen LogP contribution < -0.4 is 4.74 Å². The maximum atomic E-state index is 6.40. The van der Waals surface area contributed by atoms with Crippen LogP contribution in [0.25, 0.3) is 21.8 Å². The number of hydrogen-bond acceptors (Lipinski definition) is 4. The van der Waals surface area contributed by atoms with Crippen molar-refractivity contribution in [2.24, 2.45) is 0 Å². The summed E-state index contributed by atoms with van der Waals surface area (Å²) in [5.74, 6) is 0.933. The molecule has 166 valence electrons. The predicted molar refractivity (Wildman–Crippen MR) is 134 cm³/mol. The van der Waals surface area contributed by atoms with Crippen molar-refractivity contribution in [1.29, 1.82) is 0 Å². The highest BCUT2D eigenvalue weighted by Gasteiger charge is 2.18. The second-order valence-corrected chi connectivity index (χ2v) is 9.01. The van der Waals surface area contributed by atoms with Gasteiger partial charge < -0.3 is 4.74 Å². The Kier molecular flexibility index (Phi) is 9.11. The van der Waals surface area contributed by atoms with Crippen LogP contribution in [0.1, 0.15) is 58.4 Å². The van der Waals surface area contributed by atoms with E-state index in [1.165, 1.54) is 36.8 Å². The maximum Gasteiger partial charge on any atom is 0.152 e. The zero-order valence-corrected chi connectivity index (χ0v) is 20.3. The molecule has 0 fully saturated rings. The lowest BCUT2D eigenvalue weighted by Crippen LogP contribution is -2.40. The van der Waals surface area contributed by atoms with Gasteiger partial charge in [0.15, 0.2) is 6.23 Å². The summed E-state index contributed by atoms with van der Waals surface area (Å²) >= 11 is 1.69. The van der Waals surface area contributed by atoms with Crippen molar-refractivity contribution < 1.29 is 4.74 Å². The Morgan fingerprint density at radius 3 is 2.06 bits per heavy atom. The van der Waals surface area contributed by atoms with E-state index in [-0.39, 0.29) is 6.23 Å². The van der Waals surface area contributed by atoms with E-state index in [0.717, 1.165) is 41.5 Å². The summed E-state index contributed by atoms with van der Waals surface area (Å²) in [4.78, 5) is 7.36. The normalized spacial score (nSPS) is 12.3. The molecule has 2 aromatic carbocycles. The monoisotopic (exact) mass is 436 g/mol. The Balaban J connectivity index is 1.68. The quantitative estimate of drug-likeness (QED) is 0.271. The Labute approximate surface area is 192 Å². The van der Waals surface area contributed by atoms with Crippen molar-refractivity contribution in [1.82, 2.24) is 9.88 Å². The SMILES string of the molecule is CCCCN(CCCC)C(CC)Oc1ccc(-c2csc(-c3ccc(C)cc3)n2)cc1. The van der Waals surface area contributed by atoms with Crippen molar-refractivity contribution >= 4 is 11.3 Å². The summed E-state index contributed by atoms with van der Waals surface area (Å²) < 4.78 is 6.40. The van der Waals surface area contributed by atoms with E-state index in [9.17, 15) is 0 Å². The molecule has 0 bridgehead atoms. The minimum Gasteiger partial charge on any atom is -0.475 e. The average molecular weight is 437 g/mol. The molecule has 3 nitrogen and oxygen atoms in total. The maximum absolute atomic E-state index is 6.40. The summed E-state index contributed by atoms with van der Waals surface area (Å²) in [6, 6.07) is 17.0. The van der Waals surface area contributed by atoms with Crippen LogP contribution in [0.3, 0.4) is 0 Å². The summed E-state index contributed by atoms with van der Waals surface area (Å²) in [5.41, 5.74) is 4.59. The smallest absolute Gasteiger partial charge is 0.152 e. The lowest BCUT2D eigenvalue weighted by molar-refractivity contribution is 0.0202. The summed E-state index contributed by atoms with van der Waals surface area (Å²) in [6.45, 7) is 11.0. The molecule has 0 saturated carbocycles. The average Bonchev–Trinajstić information content (AvgIpc) is 3.29. The van der Waals surface area contributed by atoms with Crippen LogP contribution in [-0.4, -0.2) is 29.2 Å². The van der Waals surface area contributed by atoms with Crippen molar-refractivity contribution in [3.05, 3.63) is 59.5 Å². The van der Waals surface area contributed by atoms with E-state index >= 15 is 0 Å². The van der Waals surface area contributed by atoms with Gasteiger partial charge in [0.25, 0.3) is 0 Å². The Hall–Kier alpha value is -2.17. The van der Waals surface area contributed by atoms with Crippen LogP contribution in [0.2, 0.25) is 0 Å². The first-order valence-corrected chi connectivity index (χ1v) is 12.6. The Bertz CT molecular complexity index is 894. The first-order chi connectivity index (χ1) is 15.1. The third-order valence-electron chi connectivity index (χ3n) is 5.58. The fourth-order valence-corrected chi connectivity index (χ4v) is 4.47. The van der Waals surface area contributed by atoms with Crippen LogP contribution in [0.5, 0.6) is 5.75 Å². The highest BCUT2D eigenvalue weighted by atomic mass is 32.1. The van der Waals surface area contributed by atoms with Gasteiger partial charge >= 0.3 is 0 Å². The van der Waals surface area contributed by atoms with Gasteiger partial charge in [-0.2, -0.15) is 0 Å². The fraction of sp³-hybridized carbons (Fsp3) is 0.444. The molecule has 3 rings (SSSR count). The van der Waals surface area contributed by atoms with Gasteiger partial charge in [0, 0.05) is 29.6 Å². The van der Waals surface area contributed by atoms with Crippen molar-refractivity contribution in [2.45, 2.75) is 66.0 Å². The Morgan fingerprint density at radius 2 is 1.48 bits per heavy atom. The van der Waals surface area contributed by atoms with Crippen LogP contribution in [-0.2, 0) is 0 Å². The van der Waals surface area contributed by atoms with Gasteiger partial charge in [-0.1, -0.05) is 63.4 Å². The molecule has 0 spiro atoms. The van der Waals surface area contributed by atoms with Gasteiger partial charge in [0.1, 0.15) is 10.8 Å². The molecule has 1 aromatic heterocycles. The van der Waals surface area contributed by atoms with Crippen LogP contribution in [0.15, 0.2) is 53.9 Å². The fourth-order valence-electron chi connectivity index (χ4n) is 3.63. The summed E-state index contributed by atoms with van der Waals surface area (Å²) in [6.07, 6.45) is 5.99. The standard InChI is InChI=1S/C27H36N2OS/c1-5-8-18-29(19-9-6-2)26(7-3)30-24-16-14-22(15-17-24)25-20-31-27(28-25)23-12-10-21(4)11-13-23/h10-17,20,26H,5-9,18-19H2,1-4H3. The third kappa shape index (κ3) is 6.65. The van der Waals surface area contributed by atoms with E-state index in [4.69, 9.17) is 9.72 Å². The molecule has 0 radical (unpaired) electrons. The molecular formula is C27H36N2OS. The first kappa shape index (κ1) is 23.5. The van der Waals surface area contributed by atoms with Gasteiger partial charge in [-0.25, -0.2) is 4.98 Å². The van der Waals surface area contributed by atoms with E-state index in [1.54, 1.807) is 11.3 Å². The van der Waals surface area contributed by atoms with E-state index in [2.05, 4.69) is 86.5 Å². The van der Waals surface area contributed by atoms with Crippen molar-refractivity contribution in [3.63, 3.8) is 0 Å². The number of nitrogens with zero attached hydrogens (tertiary/aromatic N) is 2. The lowest BCUT2D eigenvalue weighted by Gasteiger charge is -2.31. The van der Waals surface area contributed by atoms with Gasteiger partial charge in [-0.15, -0.1) is 11.3 Å². The molecule has 0 aliphatic heterocycles. The number of rotatable bonds is 12. The molecule has 31 heavy (non-hydrogen) atoms. The minimum absolute atomic E-state index is 0.136. The number of aryl methyl sites for hydroxylation is 1. The molecule has 0 aliphatic rings. The molecule has 1 atom stereocenters. The third-order valence-corrected chi connectivity index (χ3v) is 6.47. The number of thiazole rings is 1. The molecule has 0 amide bonds. The largest absolute Gasteiger partial charge is 0.475 e.